The van der Waals surface area contributed by atoms with Crippen LogP contribution in [0.5, 0.6) is 5.75 Å². The molecule has 0 aromatic carbocycles. The fourth-order valence-corrected chi connectivity index (χ4v) is 4.38. The molecule has 4 aromatic rings. The molecule has 11 heteroatoms. The summed E-state index contributed by atoms with van der Waals surface area (Å²) < 4.78 is 35.3. The van der Waals surface area contributed by atoms with Gasteiger partial charge in [0.05, 0.1) is 23.3 Å². The summed E-state index contributed by atoms with van der Waals surface area (Å²) in [7, 11) is 0. The number of aromatic nitrogens is 5. The Morgan fingerprint density at radius 2 is 1.82 bits per heavy atom. The molecule has 4 heterocycles. The van der Waals surface area contributed by atoms with Crippen LogP contribution in [0.15, 0.2) is 47.7 Å². The highest BCUT2D eigenvalue weighted by molar-refractivity contribution is 6.31. The van der Waals surface area contributed by atoms with E-state index < -0.39 is 28.4 Å². The first-order valence-electron chi connectivity index (χ1n) is 11.9. The highest BCUT2D eigenvalue weighted by atomic mass is 35.5. The molecule has 0 bridgehead atoms. The Balaban J connectivity index is 1.55. The SMILES string of the molecule is Cc1cnc(-c2ccnc(C(C)(C)O)n2)cc1-n1c(C)cc(OC2(c3ncc(F)cc3F)CC2)c(Cl)c1=O. The van der Waals surface area contributed by atoms with Gasteiger partial charge in [0.2, 0.25) is 0 Å². The second-order valence-corrected chi connectivity index (χ2v) is 10.2. The van der Waals surface area contributed by atoms with Gasteiger partial charge in [-0.1, -0.05) is 11.6 Å². The Morgan fingerprint density at radius 1 is 1.08 bits per heavy atom. The minimum absolute atomic E-state index is 0.0262. The van der Waals surface area contributed by atoms with Gasteiger partial charge in [0.25, 0.3) is 5.56 Å². The van der Waals surface area contributed by atoms with Gasteiger partial charge in [-0.2, -0.15) is 0 Å². The van der Waals surface area contributed by atoms with Crippen LogP contribution in [0.4, 0.5) is 8.78 Å². The normalized spacial score (nSPS) is 14.4. The number of nitrogens with zero attached hydrogens (tertiary/aromatic N) is 5. The summed E-state index contributed by atoms with van der Waals surface area (Å²) in [6, 6.07) is 5.72. The van der Waals surface area contributed by atoms with Gasteiger partial charge in [-0.15, -0.1) is 0 Å². The molecule has 0 unspecified atom stereocenters. The lowest BCUT2D eigenvalue weighted by atomic mass is 10.1. The van der Waals surface area contributed by atoms with E-state index >= 15 is 0 Å². The number of aliphatic hydroxyl groups is 1. The standard InChI is InChI=1S/C27H24ClF2N5O3/c1-14-12-32-19(18-5-8-31-25(34-18)26(3,4)37)11-20(14)35-15(2)9-21(22(28)24(35)36)38-27(6-7-27)23-17(30)10-16(29)13-33-23/h5,8-13,37H,6-7H2,1-4H3. The molecule has 1 aliphatic carbocycles. The molecule has 5 rings (SSSR count). The maximum atomic E-state index is 14.4. The van der Waals surface area contributed by atoms with E-state index in [0.717, 1.165) is 12.3 Å². The number of ether oxygens (including phenoxy) is 1. The highest BCUT2D eigenvalue weighted by Gasteiger charge is 2.51. The van der Waals surface area contributed by atoms with Gasteiger partial charge in [0.15, 0.2) is 17.2 Å². The van der Waals surface area contributed by atoms with Gasteiger partial charge in [0, 0.05) is 30.2 Å². The fraction of sp³-hybridized carbons (Fsp3) is 0.296. The van der Waals surface area contributed by atoms with Crippen LogP contribution in [0.1, 0.15) is 49.5 Å². The molecule has 0 spiro atoms. The third-order valence-corrected chi connectivity index (χ3v) is 6.68. The van der Waals surface area contributed by atoms with Crippen LogP contribution < -0.4 is 10.3 Å². The first-order chi connectivity index (χ1) is 17.9. The molecular formula is C27H24ClF2N5O3. The number of rotatable bonds is 6. The average Bonchev–Trinajstić information content (AvgIpc) is 3.63. The van der Waals surface area contributed by atoms with Crippen molar-refractivity contribution in [1.82, 2.24) is 24.5 Å². The number of hydrogen-bond donors (Lipinski definition) is 1. The van der Waals surface area contributed by atoms with Gasteiger partial charge in [0.1, 0.15) is 27.9 Å². The summed E-state index contributed by atoms with van der Waals surface area (Å²) in [5.74, 6) is -1.28. The zero-order valence-corrected chi connectivity index (χ0v) is 21.8. The molecule has 196 valence electrons. The second kappa shape index (κ2) is 9.21. The van der Waals surface area contributed by atoms with Crippen molar-refractivity contribution in [3.05, 3.63) is 92.6 Å². The van der Waals surface area contributed by atoms with Crippen molar-refractivity contribution in [2.24, 2.45) is 0 Å². The van der Waals surface area contributed by atoms with E-state index in [1.54, 1.807) is 52.1 Å². The van der Waals surface area contributed by atoms with E-state index in [4.69, 9.17) is 16.3 Å². The minimum atomic E-state index is -1.24. The third kappa shape index (κ3) is 4.65. The van der Waals surface area contributed by atoms with E-state index in [0.29, 0.717) is 41.2 Å². The Labute approximate surface area is 222 Å². The first-order valence-corrected chi connectivity index (χ1v) is 12.2. The second-order valence-electron chi connectivity index (χ2n) is 9.87. The van der Waals surface area contributed by atoms with Crippen LogP contribution in [-0.2, 0) is 11.2 Å². The number of halogens is 3. The monoisotopic (exact) mass is 539 g/mol. The van der Waals surface area contributed by atoms with Crippen molar-refractivity contribution in [3.8, 4) is 22.8 Å². The third-order valence-electron chi connectivity index (χ3n) is 6.33. The molecule has 1 saturated carbocycles. The lowest BCUT2D eigenvalue weighted by molar-refractivity contribution is 0.0688. The Kier molecular flexibility index (Phi) is 6.27. The van der Waals surface area contributed by atoms with E-state index in [1.807, 2.05) is 0 Å². The molecular weight excluding hydrogens is 516 g/mol. The van der Waals surface area contributed by atoms with Crippen molar-refractivity contribution in [3.63, 3.8) is 0 Å². The largest absolute Gasteiger partial charge is 0.479 e. The van der Waals surface area contributed by atoms with Crippen molar-refractivity contribution in [2.75, 3.05) is 0 Å². The van der Waals surface area contributed by atoms with Crippen molar-refractivity contribution < 1.29 is 18.6 Å². The van der Waals surface area contributed by atoms with Crippen molar-refractivity contribution >= 4 is 11.6 Å². The molecule has 0 saturated heterocycles. The zero-order valence-electron chi connectivity index (χ0n) is 21.1. The van der Waals surface area contributed by atoms with Crippen LogP contribution in [0.25, 0.3) is 17.1 Å². The predicted octanol–water partition coefficient (Wildman–Crippen LogP) is 4.93. The topological polar surface area (TPSA) is 103 Å². The smallest absolute Gasteiger partial charge is 0.277 e. The van der Waals surface area contributed by atoms with Gasteiger partial charge in [-0.05, 0) is 58.2 Å². The molecule has 0 radical (unpaired) electrons. The fourth-order valence-electron chi connectivity index (χ4n) is 4.21. The van der Waals surface area contributed by atoms with Gasteiger partial charge < -0.3 is 9.84 Å². The van der Waals surface area contributed by atoms with Crippen molar-refractivity contribution in [1.29, 1.82) is 0 Å². The predicted molar refractivity (Wildman–Crippen MR) is 136 cm³/mol. The molecule has 1 aliphatic rings. The summed E-state index contributed by atoms with van der Waals surface area (Å²) in [5.41, 5.74) is -0.234. The van der Waals surface area contributed by atoms with Crippen LogP contribution in [0, 0.1) is 25.5 Å². The molecule has 1 N–H and O–H groups in total. The van der Waals surface area contributed by atoms with E-state index in [2.05, 4.69) is 19.9 Å². The molecule has 0 amide bonds. The van der Waals surface area contributed by atoms with Gasteiger partial charge in [-0.3, -0.25) is 19.3 Å². The summed E-state index contributed by atoms with van der Waals surface area (Å²) in [6.45, 7) is 6.69. The highest BCUT2D eigenvalue weighted by Crippen LogP contribution is 2.50. The summed E-state index contributed by atoms with van der Waals surface area (Å²) in [4.78, 5) is 30.4. The number of hydrogen-bond acceptors (Lipinski definition) is 7. The molecule has 0 aliphatic heterocycles. The summed E-state index contributed by atoms with van der Waals surface area (Å²) in [5, 5.41) is 10.1. The number of pyridine rings is 3. The van der Waals surface area contributed by atoms with E-state index in [1.165, 1.54) is 10.8 Å². The Morgan fingerprint density at radius 3 is 2.47 bits per heavy atom. The molecule has 4 aromatic heterocycles. The Hall–Kier alpha value is -3.76. The minimum Gasteiger partial charge on any atom is -0.479 e. The van der Waals surface area contributed by atoms with Crippen molar-refractivity contribution in [2.45, 2.75) is 51.7 Å². The van der Waals surface area contributed by atoms with Crippen LogP contribution in [0.2, 0.25) is 5.02 Å². The quantitative estimate of drug-likeness (QED) is 0.370. The maximum absolute atomic E-state index is 14.4. The Bertz CT molecular complexity index is 1630. The molecule has 38 heavy (non-hydrogen) atoms. The van der Waals surface area contributed by atoms with Gasteiger partial charge >= 0.3 is 0 Å². The van der Waals surface area contributed by atoms with E-state index in [9.17, 15) is 18.7 Å². The number of aryl methyl sites for hydroxylation is 2. The maximum Gasteiger partial charge on any atom is 0.277 e. The van der Waals surface area contributed by atoms with Crippen LogP contribution in [0.3, 0.4) is 0 Å². The zero-order chi connectivity index (χ0) is 27.4. The molecule has 0 atom stereocenters. The first kappa shape index (κ1) is 25.9. The van der Waals surface area contributed by atoms with Crippen LogP contribution in [-0.4, -0.2) is 29.6 Å². The lowest BCUT2D eigenvalue weighted by Gasteiger charge is -2.21. The molecule has 1 fully saturated rings. The summed E-state index contributed by atoms with van der Waals surface area (Å²) >= 11 is 6.49. The molecule has 8 nitrogen and oxygen atoms in total. The van der Waals surface area contributed by atoms with Crippen LogP contribution >= 0.6 is 11.6 Å². The average molecular weight is 540 g/mol. The van der Waals surface area contributed by atoms with E-state index in [-0.39, 0.29) is 22.3 Å². The van der Waals surface area contributed by atoms with Gasteiger partial charge in [-0.25, -0.2) is 18.7 Å². The summed E-state index contributed by atoms with van der Waals surface area (Å²) in [6.07, 6.45) is 4.96. The lowest BCUT2D eigenvalue weighted by Crippen LogP contribution is -2.25.